The van der Waals surface area contributed by atoms with Crippen LogP contribution in [0.25, 0.3) is 0 Å². The molecule has 0 aromatic heterocycles. The van der Waals surface area contributed by atoms with Gasteiger partial charge in [-0.05, 0) is 12.6 Å². The molecular weight excluding hydrogens is 236 g/mol. The maximum Gasteiger partial charge on any atom is 0.215 e. The fraction of sp³-hybridized carbons (Fsp3) is 0.500. The topological polar surface area (TPSA) is 49.4 Å². The zero-order valence-electron chi connectivity index (χ0n) is 10.4. The molecule has 1 rings (SSSR count). The van der Waals surface area contributed by atoms with Crippen molar-refractivity contribution in [2.45, 2.75) is 13.5 Å². The van der Waals surface area contributed by atoms with Gasteiger partial charge >= 0.3 is 0 Å². The normalized spacial score (nSPS) is 11.9. The summed E-state index contributed by atoms with van der Waals surface area (Å²) < 4.78 is 25.5. The third kappa shape index (κ3) is 4.46. The summed E-state index contributed by atoms with van der Waals surface area (Å²) in [6.45, 7) is 3.29. The lowest BCUT2D eigenvalue weighted by atomic mass is 10.2. The van der Waals surface area contributed by atoms with E-state index in [4.69, 9.17) is 0 Å². The second kappa shape index (κ2) is 6.74. The van der Waals surface area contributed by atoms with Crippen LogP contribution in [0.2, 0.25) is 0 Å². The van der Waals surface area contributed by atoms with Gasteiger partial charge < -0.3 is 5.32 Å². The quantitative estimate of drug-likeness (QED) is 0.793. The predicted octanol–water partition coefficient (Wildman–Crippen LogP) is 1.06. The van der Waals surface area contributed by atoms with Gasteiger partial charge in [0.1, 0.15) is 0 Å². The maximum absolute atomic E-state index is 12.0. The van der Waals surface area contributed by atoms with Crippen molar-refractivity contribution in [3.05, 3.63) is 35.9 Å². The van der Waals surface area contributed by atoms with Gasteiger partial charge in [-0.2, -0.15) is 4.31 Å². The first-order chi connectivity index (χ1) is 8.10. The fourth-order valence-corrected chi connectivity index (χ4v) is 3.01. The van der Waals surface area contributed by atoms with Crippen molar-refractivity contribution < 1.29 is 8.42 Å². The molecule has 0 unspecified atom stereocenters. The first-order valence-corrected chi connectivity index (χ1v) is 7.37. The Bertz CT molecular complexity index is 417. The van der Waals surface area contributed by atoms with Crippen LogP contribution in [-0.4, -0.2) is 38.6 Å². The van der Waals surface area contributed by atoms with Crippen LogP contribution in [0.3, 0.4) is 0 Å². The lowest BCUT2D eigenvalue weighted by Gasteiger charge is -2.20. The molecule has 0 saturated carbocycles. The highest BCUT2D eigenvalue weighted by Gasteiger charge is 2.19. The van der Waals surface area contributed by atoms with E-state index in [1.54, 1.807) is 7.05 Å². The number of nitrogens with one attached hydrogen (secondary N) is 1. The van der Waals surface area contributed by atoms with E-state index in [1.807, 2.05) is 37.3 Å². The summed E-state index contributed by atoms with van der Waals surface area (Å²) >= 11 is 0. The zero-order valence-corrected chi connectivity index (χ0v) is 11.2. The number of rotatable bonds is 7. The van der Waals surface area contributed by atoms with E-state index in [0.29, 0.717) is 19.6 Å². The number of nitrogens with zero attached hydrogens (tertiary/aromatic N) is 1. The molecule has 0 radical (unpaired) electrons. The summed E-state index contributed by atoms with van der Waals surface area (Å²) in [5, 5.41) is 2.86. The van der Waals surface area contributed by atoms with E-state index in [-0.39, 0.29) is 5.75 Å². The van der Waals surface area contributed by atoms with Crippen LogP contribution < -0.4 is 5.32 Å². The van der Waals surface area contributed by atoms with Crippen molar-refractivity contribution in [1.29, 1.82) is 0 Å². The van der Waals surface area contributed by atoms with Gasteiger partial charge in [0.15, 0.2) is 0 Å². The minimum atomic E-state index is -3.16. The number of hydrogen-bond acceptors (Lipinski definition) is 3. The Morgan fingerprint density at radius 2 is 1.88 bits per heavy atom. The molecule has 96 valence electrons. The van der Waals surface area contributed by atoms with Gasteiger partial charge in [0.2, 0.25) is 10.0 Å². The van der Waals surface area contributed by atoms with Crippen LogP contribution in [0.5, 0.6) is 0 Å². The van der Waals surface area contributed by atoms with Crippen molar-refractivity contribution in [2.75, 3.05) is 25.9 Å². The van der Waals surface area contributed by atoms with Gasteiger partial charge in [-0.25, -0.2) is 8.42 Å². The molecule has 1 aromatic rings. The minimum absolute atomic E-state index is 0.143. The molecule has 0 spiro atoms. The fourth-order valence-electron chi connectivity index (χ4n) is 1.55. The zero-order chi connectivity index (χ0) is 12.7. The van der Waals surface area contributed by atoms with Crippen LogP contribution in [-0.2, 0) is 16.6 Å². The van der Waals surface area contributed by atoms with Crippen molar-refractivity contribution in [3.8, 4) is 0 Å². The number of sulfonamides is 1. The van der Waals surface area contributed by atoms with E-state index in [2.05, 4.69) is 5.32 Å². The molecule has 0 aliphatic heterocycles. The monoisotopic (exact) mass is 256 g/mol. The Morgan fingerprint density at radius 3 is 2.41 bits per heavy atom. The average Bonchev–Trinajstić information content (AvgIpc) is 2.34. The SMILES string of the molecule is CCN(Cc1ccccc1)S(=O)(=O)CCNC. The average molecular weight is 256 g/mol. The molecule has 0 aliphatic rings. The molecule has 17 heavy (non-hydrogen) atoms. The largest absolute Gasteiger partial charge is 0.319 e. The molecule has 0 amide bonds. The summed E-state index contributed by atoms with van der Waals surface area (Å²) in [5.41, 5.74) is 1.02. The smallest absolute Gasteiger partial charge is 0.215 e. The molecule has 1 aromatic carbocycles. The lowest BCUT2D eigenvalue weighted by molar-refractivity contribution is 0.423. The molecule has 0 saturated heterocycles. The molecule has 0 bridgehead atoms. The van der Waals surface area contributed by atoms with Crippen molar-refractivity contribution in [2.24, 2.45) is 0 Å². The second-order valence-corrected chi connectivity index (χ2v) is 5.92. The van der Waals surface area contributed by atoms with Gasteiger partial charge in [0.05, 0.1) is 5.75 Å². The molecule has 0 fully saturated rings. The Labute approximate surface area is 104 Å². The second-order valence-electron chi connectivity index (χ2n) is 3.83. The third-order valence-electron chi connectivity index (χ3n) is 2.56. The van der Waals surface area contributed by atoms with Crippen LogP contribution >= 0.6 is 0 Å². The Balaban J connectivity index is 2.72. The summed E-state index contributed by atoms with van der Waals surface area (Å²) in [6.07, 6.45) is 0. The Kier molecular flexibility index (Phi) is 5.61. The number of benzene rings is 1. The number of hydrogen-bond donors (Lipinski definition) is 1. The molecule has 0 atom stereocenters. The van der Waals surface area contributed by atoms with Crippen molar-refractivity contribution in [1.82, 2.24) is 9.62 Å². The van der Waals surface area contributed by atoms with Gasteiger partial charge in [-0.15, -0.1) is 0 Å². The summed E-state index contributed by atoms with van der Waals surface area (Å²) in [7, 11) is -1.41. The predicted molar refractivity (Wildman–Crippen MR) is 70.2 cm³/mol. The minimum Gasteiger partial charge on any atom is -0.319 e. The summed E-state index contributed by atoms with van der Waals surface area (Å²) in [5.74, 6) is 0.143. The molecular formula is C12H20N2O2S. The highest BCUT2D eigenvalue weighted by molar-refractivity contribution is 7.89. The van der Waals surface area contributed by atoms with E-state index < -0.39 is 10.0 Å². The lowest BCUT2D eigenvalue weighted by Crippen LogP contribution is -2.35. The van der Waals surface area contributed by atoms with E-state index >= 15 is 0 Å². The Morgan fingerprint density at radius 1 is 1.24 bits per heavy atom. The van der Waals surface area contributed by atoms with E-state index in [0.717, 1.165) is 5.56 Å². The van der Waals surface area contributed by atoms with Crippen LogP contribution in [0.1, 0.15) is 12.5 Å². The van der Waals surface area contributed by atoms with Gasteiger partial charge in [-0.3, -0.25) is 0 Å². The molecule has 1 N–H and O–H groups in total. The standard InChI is InChI=1S/C12H20N2O2S/c1-3-14(17(15,16)10-9-13-2)11-12-7-5-4-6-8-12/h4-8,13H,3,9-11H2,1-2H3. The van der Waals surface area contributed by atoms with Crippen LogP contribution in [0.15, 0.2) is 30.3 Å². The maximum atomic E-state index is 12.0. The van der Waals surface area contributed by atoms with Gasteiger partial charge in [0, 0.05) is 19.6 Å². The van der Waals surface area contributed by atoms with Gasteiger partial charge in [0.25, 0.3) is 0 Å². The molecule has 0 heterocycles. The molecule has 0 aliphatic carbocycles. The van der Waals surface area contributed by atoms with Crippen molar-refractivity contribution in [3.63, 3.8) is 0 Å². The first-order valence-electron chi connectivity index (χ1n) is 5.76. The summed E-state index contributed by atoms with van der Waals surface area (Å²) in [6, 6.07) is 9.65. The third-order valence-corrected chi connectivity index (χ3v) is 4.45. The van der Waals surface area contributed by atoms with E-state index in [9.17, 15) is 8.42 Å². The Hall–Kier alpha value is -0.910. The first kappa shape index (κ1) is 14.2. The highest BCUT2D eigenvalue weighted by Crippen LogP contribution is 2.09. The molecule has 5 heteroatoms. The molecule has 4 nitrogen and oxygen atoms in total. The highest BCUT2D eigenvalue weighted by atomic mass is 32.2. The van der Waals surface area contributed by atoms with Crippen LogP contribution in [0.4, 0.5) is 0 Å². The van der Waals surface area contributed by atoms with Crippen molar-refractivity contribution >= 4 is 10.0 Å². The van der Waals surface area contributed by atoms with Crippen LogP contribution in [0, 0.1) is 0 Å². The summed E-state index contributed by atoms with van der Waals surface area (Å²) in [4.78, 5) is 0. The van der Waals surface area contributed by atoms with Gasteiger partial charge in [-0.1, -0.05) is 37.3 Å². The van der Waals surface area contributed by atoms with E-state index in [1.165, 1.54) is 4.31 Å².